The molecule has 1 aromatic carbocycles. The van der Waals surface area contributed by atoms with E-state index in [0.717, 1.165) is 10.9 Å². The molecule has 1 N–H and O–H groups in total. The smallest absolute Gasteiger partial charge is 0.850 e. The third-order valence-electron chi connectivity index (χ3n) is 2.11. The predicted molar refractivity (Wildman–Crippen MR) is 79.0 cm³/mol. The van der Waals surface area contributed by atoms with Crippen molar-refractivity contribution in [2.24, 2.45) is 0 Å². The topological polar surface area (TPSA) is 65.2 Å². The van der Waals surface area contributed by atoms with Crippen LogP contribution < -0.4 is 56.5 Å². The molecule has 1 heterocycles. The molecule has 110 valence electrons. The summed E-state index contributed by atoms with van der Waals surface area (Å²) in [6.45, 7) is 7.03. The third kappa shape index (κ3) is 7.79. The van der Waals surface area contributed by atoms with Gasteiger partial charge in [0.05, 0.1) is 6.61 Å². The first kappa shape index (κ1) is 21.1. The second-order valence-corrected chi connectivity index (χ2v) is 5.62. The summed E-state index contributed by atoms with van der Waals surface area (Å²) in [5, 5.41) is 11.6. The maximum atomic E-state index is 11.4. The summed E-state index contributed by atoms with van der Waals surface area (Å²) in [6.07, 6.45) is 0. The molecular weight excluding hydrogens is 317 g/mol. The van der Waals surface area contributed by atoms with E-state index in [9.17, 15) is 9.90 Å². The number of aromatic nitrogens is 1. The fraction of sp³-hybridized carbons (Fsp3) is 0.400. The van der Waals surface area contributed by atoms with Crippen LogP contribution in [0.25, 0.3) is 10.9 Å². The number of carbonyl (C=O) groups excluding carboxylic acids is 1. The zero-order valence-electron chi connectivity index (χ0n) is 13.1. The van der Waals surface area contributed by atoms with E-state index in [0.29, 0.717) is 17.3 Å². The minimum Gasteiger partial charge on any atom is -0.850 e. The van der Waals surface area contributed by atoms with Gasteiger partial charge in [0.25, 0.3) is 0 Å². The van der Waals surface area contributed by atoms with Crippen molar-refractivity contribution >= 4 is 28.5 Å². The number of aromatic amines is 1. The van der Waals surface area contributed by atoms with Gasteiger partial charge in [-0.1, -0.05) is 38.4 Å². The molecule has 0 aliphatic heterocycles. The number of hydrogen-bond donors (Lipinski definition) is 1. The predicted octanol–water partition coefficient (Wildman–Crippen LogP) is 0.147. The van der Waals surface area contributed by atoms with Gasteiger partial charge in [0, 0.05) is 15.9 Å². The molecule has 0 bridgehead atoms. The first-order valence-electron chi connectivity index (χ1n) is 6.37. The van der Waals surface area contributed by atoms with E-state index in [4.69, 9.17) is 16.3 Å². The van der Waals surface area contributed by atoms with Crippen LogP contribution in [0.1, 0.15) is 38.2 Å². The number of H-pyrrole nitrogens is 1. The minimum absolute atomic E-state index is 0. The van der Waals surface area contributed by atoms with Crippen LogP contribution in [0.3, 0.4) is 0 Å². The number of nitrogens with one attached hydrogen (secondary N) is 1. The van der Waals surface area contributed by atoms with E-state index in [1.54, 1.807) is 39.8 Å². The second-order valence-electron chi connectivity index (χ2n) is 5.22. The van der Waals surface area contributed by atoms with Crippen LogP contribution in [0, 0.1) is 0 Å². The molecule has 1 aromatic heterocycles. The van der Waals surface area contributed by atoms with Crippen molar-refractivity contribution in [3.05, 3.63) is 35.0 Å². The number of esters is 1. The number of hydrogen-bond acceptors (Lipinski definition) is 3. The van der Waals surface area contributed by atoms with Gasteiger partial charge in [-0.15, -0.1) is 5.60 Å². The van der Waals surface area contributed by atoms with Crippen LogP contribution in [0.2, 0.25) is 5.02 Å². The molecule has 0 fully saturated rings. The quantitative estimate of drug-likeness (QED) is 0.627. The number of ether oxygens (including phenoxy) is 1. The van der Waals surface area contributed by atoms with Gasteiger partial charge in [-0.3, -0.25) is 0 Å². The summed E-state index contributed by atoms with van der Waals surface area (Å²) in [4.78, 5) is 14.4. The van der Waals surface area contributed by atoms with Crippen LogP contribution in [-0.2, 0) is 4.74 Å². The Morgan fingerprint density at radius 2 is 1.95 bits per heavy atom. The number of rotatable bonds is 2. The third-order valence-corrected chi connectivity index (χ3v) is 2.44. The van der Waals surface area contributed by atoms with Crippen molar-refractivity contribution in [1.29, 1.82) is 0 Å². The minimum atomic E-state index is -0.750. The van der Waals surface area contributed by atoms with Crippen LogP contribution >= 0.6 is 11.6 Å². The molecule has 0 amide bonds. The van der Waals surface area contributed by atoms with Gasteiger partial charge in [-0.05, 0) is 25.1 Å². The monoisotopic (exact) mass is 335 g/mol. The van der Waals surface area contributed by atoms with Gasteiger partial charge in [0.15, 0.2) is 0 Å². The first-order valence-corrected chi connectivity index (χ1v) is 6.75. The summed E-state index contributed by atoms with van der Waals surface area (Å²) in [7, 11) is 0. The Morgan fingerprint density at radius 1 is 1.38 bits per heavy atom. The molecule has 0 unspecified atom stereocenters. The maximum absolute atomic E-state index is 11.4. The van der Waals surface area contributed by atoms with Crippen molar-refractivity contribution < 1.29 is 66.0 Å². The molecule has 0 spiro atoms. The fourth-order valence-corrected chi connectivity index (χ4v) is 1.67. The van der Waals surface area contributed by atoms with E-state index < -0.39 is 5.60 Å². The van der Waals surface area contributed by atoms with Crippen LogP contribution in [0.4, 0.5) is 0 Å². The SMILES string of the molecule is CC(C)(C)[O-].CCOC(=O)c1cc2c(Cl)cccc2[nH]1.[K+]. The molecule has 6 heteroatoms. The van der Waals surface area contributed by atoms with Gasteiger partial charge in [-0.25, -0.2) is 4.79 Å². The average molecular weight is 336 g/mol. The Bertz CT molecular complexity index is 584. The summed E-state index contributed by atoms with van der Waals surface area (Å²) in [5.74, 6) is -0.357. The summed E-state index contributed by atoms with van der Waals surface area (Å²) in [5.41, 5.74) is 0.519. The van der Waals surface area contributed by atoms with E-state index >= 15 is 0 Å². The summed E-state index contributed by atoms with van der Waals surface area (Å²) < 4.78 is 4.88. The molecule has 0 atom stereocenters. The van der Waals surface area contributed by atoms with Crippen molar-refractivity contribution in [2.75, 3.05) is 6.61 Å². The normalized spacial score (nSPS) is 10.4. The molecule has 0 aliphatic carbocycles. The number of halogens is 1. The van der Waals surface area contributed by atoms with Crippen molar-refractivity contribution in [1.82, 2.24) is 4.98 Å². The first-order chi connectivity index (χ1) is 9.22. The largest absolute Gasteiger partial charge is 1.00 e. The Hall–Kier alpha value is 0.116. The summed E-state index contributed by atoms with van der Waals surface area (Å²) >= 11 is 5.98. The zero-order chi connectivity index (χ0) is 15.3. The van der Waals surface area contributed by atoms with E-state index in [2.05, 4.69) is 4.98 Å². The van der Waals surface area contributed by atoms with Gasteiger partial charge < -0.3 is 14.8 Å². The number of benzene rings is 1. The standard InChI is InChI=1S/C11H10ClNO2.C4H9O.K/c1-2-15-11(14)10-6-7-8(12)4-3-5-9(7)13-10;1-4(2,3)5;/h3-6,13H,2H2,1H3;1-3H3;/q;-1;+1. The number of carbonyl (C=O) groups is 1. The van der Waals surface area contributed by atoms with E-state index in [1.165, 1.54) is 0 Å². The summed E-state index contributed by atoms with van der Waals surface area (Å²) in [6, 6.07) is 7.18. The van der Waals surface area contributed by atoms with Gasteiger partial charge >= 0.3 is 57.4 Å². The Kier molecular flexibility index (Phi) is 9.35. The van der Waals surface area contributed by atoms with Crippen molar-refractivity contribution in [3.8, 4) is 0 Å². The average Bonchev–Trinajstić information content (AvgIpc) is 2.72. The molecule has 0 saturated carbocycles. The Balaban J connectivity index is 0.000000583. The molecular formula is C15H19ClKNO3. The number of fused-ring (bicyclic) bond motifs is 1. The molecule has 2 aromatic rings. The fourth-order valence-electron chi connectivity index (χ4n) is 1.44. The van der Waals surface area contributed by atoms with Gasteiger partial charge in [0.1, 0.15) is 5.69 Å². The van der Waals surface area contributed by atoms with Crippen LogP contribution in [0.15, 0.2) is 24.3 Å². The van der Waals surface area contributed by atoms with E-state index in [-0.39, 0.29) is 57.4 Å². The Morgan fingerprint density at radius 3 is 2.43 bits per heavy atom. The van der Waals surface area contributed by atoms with E-state index in [1.807, 2.05) is 12.1 Å². The van der Waals surface area contributed by atoms with Crippen LogP contribution in [0.5, 0.6) is 0 Å². The molecule has 2 rings (SSSR count). The molecule has 4 nitrogen and oxygen atoms in total. The Labute approximate surface area is 172 Å². The van der Waals surface area contributed by atoms with Crippen molar-refractivity contribution in [2.45, 2.75) is 33.3 Å². The molecule has 21 heavy (non-hydrogen) atoms. The maximum Gasteiger partial charge on any atom is 1.00 e. The van der Waals surface area contributed by atoms with Crippen molar-refractivity contribution in [3.63, 3.8) is 0 Å². The second kappa shape index (κ2) is 9.30. The van der Waals surface area contributed by atoms with Crippen LogP contribution in [-0.4, -0.2) is 23.2 Å². The zero-order valence-corrected chi connectivity index (χ0v) is 17.0. The van der Waals surface area contributed by atoms with Gasteiger partial charge in [0.2, 0.25) is 0 Å². The molecule has 0 aliphatic rings. The molecule has 0 saturated heterocycles. The van der Waals surface area contributed by atoms with Gasteiger partial charge in [-0.2, -0.15) is 0 Å². The molecule has 0 radical (unpaired) electrons.